The highest BCUT2D eigenvalue weighted by molar-refractivity contribution is 7.85. The van der Waals surface area contributed by atoms with Crippen LogP contribution < -0.4 is 5.73 Å². The van der Waals surface area contributed by atoms with Crippen molar-refractivity contribution in [1.82, 2.24) is 4.98 Å². The number of carbonyl (C=O) groups excluding carboxylic acids is 1. The number of nitrogens with zero attached hydrogens (tertiary/aromatic N) is 2. The van der Waals surface area contributed by atoms with E-state index < -0.39 is 10.8 Å². The molecule has 2 heterocycles. The minimum Gasteiger partial charge on any atom is -0.325 e. The molecular weight excluding hydrogens is 358 g/mol. The average molecular weight is 375 g/mol. The van der Waals surface area contributed by atoms with Crippen LogP contribution in [0.5, 0.6) is 0 Å². The predicted octanol–water partition coefficient (Wildman–Crippen LogP) is 2.86. The molecule has 4 rings (SSSR count). The van der Waals surface area contributed by atoms with Gasteiger partial charge in [0.15, 0.2) is 5.78 Å². The fourth-order valence-electron chi connectivity index (χ4n) is 3.08. The van der Waals surface area contributed by atoms with Gasteiger partial charge in [-0.15, -0.1) is 0 Å². The molecule has 5 nitrogen and oxygen atoms in total. The first-order valence-electron chi connectivity index (χ1n) is 8.50. The Kier molecular flexibility index (Phi) is 4.75. The Bertz CT molecular complexity index is 1080. The van der Waals surface area contributed by atoms with Gasteiger partial charge in [-0.2, -0.15) is 0 Å². The van der Waals surface area contributed by atoms with Crippen LogP contribution in [0.4, 0.5) is 0 Å². The van der Waals surface area contributed by atoms with Crippen molar-refractivity contribution in [3.05, 3.63) is 78.1 Å². The third kappa shape index (κ3) is 3.37. The van der Waals surface area contributed by atoms with Crippen LogP contribution in [-0.2, 0) is 10.8 Å². The third-order valence-electron chi connectivity index (χ3n) is 4.46. The van der Waals surface area contributed by atoms with Gasteiger partial charge in [0, 0.05) is 40.5 Å². The molecule has 3 aromatic rings. The second kappa shape index (κ2) is 7.34. The third-order valence-corrected chi connectivity index (χ3v) is 5.81. The van der Waals surface area contributed by atoms with E-state index in [2.05, 4.69) is 9.98 Å². The summed E-state index contributed by atoms with van der Waals surface area (Å²) in [6.07, 6.45) is 3.33. The highest BCUT2D eigenvalue weighted by Gasteiger charge is 2.20. The van der Waals surface area contributed by atoms with Crippen LogP contribution in [0.2, 0.25) is 0 Å². The normalized spacial score (nSPS) is 14.4. The van der Waals surface area contributed by atoms with Crippen LogP contribution in [0.3, 0.4) is 0 Å². The number of ketones is 1. The molecule has 0 amide bonds. The summed E-state index contributed by atoms with van der Waals surface area (Å²) in [4.78, 5) is 22.0. The summed E-state index contributed by atoms with van der Waals surface area (Å²) in [5, 5.41) is 0. The molecule has 0 saturated carbocycles. The molecule has 0 bridgehead atoms. The molecular formula is C21H17N3O2S. The lowest BCUT2D eigenvalue weighted by Gasteiger charge is -2.16. The van der Waals surface area contributed by atoms with E-state index in [1.807, 2.05) is 48.5 Å². The van der Waals surface area contributed by atoms with Crippen LogP contribution in [0.15, 0.2) is 81.8 Å². The zero-order chi connectivity index (χ0) is 18.8. The second-order valence-corrected chi connectivity index (χ2v) is 7.62. The summed E-state index contributed by atoms with van der Waals surface area (Å²) in [6, 6.07) is 16.7. The Hall–Kier alpha value is -2.96. The number of carbonyl (C=O) groups is 1. The smallest absolute Gasteiger partial charge is 0.184 e. The highest BCUT2D eigenvalue weighted by Crippen LogP contribution is 2.27. The van der Waals surface area contributed by atoms with Gasteiger partial charge >= 0.3 is 0 Å². The maximum Gasteiger partial charge on any atom is 0.184 e. The molecule has 2 aromatic carbocycles. The van der Waals surface area contributed by atoms with Crippen molar-refractivity contribution in [2.75, 3.05) is 13.1 Å². The number of nitrogens with two attached hydrogens (primary N) is 1. The molecule has 0 saturated heterocycles. The van der Waals surface area contributed by atoms with Crippen LogP contribution in [0.1, 0.15) is 15.9 Å². The minimum absolute atomic E-state index is 0.00851. The number of Topliss-reactive ketones (excluding diaryl/α,β-unsaturated/α-hetero) is 1. The standard InChI is InChI=1S/C21H17N3O2S/c22-10-20-19-9-14(6-7-18(19)21(25)13-24-20)15-8-17(12-23-11-15)27(26)16-4-2-1-3-5-16/h1-9,11-12H,10,13,22H2. The van der Waals surface area contributed by atoms with Gasteiger partial charge in [-0.1, -0.05) is 30.3 Å². The van der Waals surface area contributed by atoms with E-state index in [0.29, 0.717) is 10.5 Å². The molecule has 1 atom stereocenters. The Balaban J connectivity index is 1.74. The van der Waals surface area contributed by atoms with Crippen molar-refractivity contribution in [3.8, 4) is 11.1 Å². The molecule has 0 aliphatic carbocycles. The lowest BCUT2D eigenvalue weighted by Crippen LogP contribution is -2.24. The summed E-state index contributed by atoms with van der Waals surface area (Å²) >= 11 is 0. The van der Waals surface area contributed by atoms with Crippen molar-refractivity contribution in [2.45, 2.75) is 9.79 Å². The van der Waals surface area contributed by atoms with Crippen LogP contribution in [0.25, 0.3) is 11.1 Å². The first-order valence-corrected chi connectivity index (χ1v) is 9.65. The quantitative estimate of drug-likeness (QED) is 0.760. The van der Waals surface area contributed by atoms with Crippen molar-refractivity contribution in [2.24, 2.45) is 10.7 Å². The molecule has 1 aliphatic heterocycles. The Morgan fingerprint density at radius 1 is 0.926 bits per heavy atom. The molecule has 0 spiro atoms. The van der Waals surface area contributed by atoms with Gasteiger partial charge in [-0.3, -0.25) is 14.8 Å². The monoisotopic (exact) mass is 375 g/mol. The summed E-state index contributed by atoms with van der Waals surface area (Å²) in [6.45, 7) is 0.423. The van der Waals surface area contributed by atoms with Gasteiger partial charge in [-0.25, -0.2) is 4.21 Å². The number of rotatable bonds is 4. The highest BCUT2D eigenvalue weighted by atomic mass is 32.2. The Labute approximate surface area is 159 Å². The van der Waals surface area contributed by atoms with Crippen LogP contribution in [0, 0.1) is 0 Å². The van der Waals surface area contributed by atoms with E-state index in [0.717, 1.165) is 27.3 Å². The summed E-state index contributed by atoms with van der Waals surface area (Å²) in [7, 11) is -1.31. The lowest BCUT2D eigenvalue weighted by molar-refractivity contribution is 0.1000. The van der Waals surface area contributed by atoms with Crippen LogP contribution in [-0.4, -0.2) is 33.8 Å². The topological polar surface area (TPSA) is 85.4 Å². The van der Waals surface area contributed by atoms with Gasteiger partial charge in [0.2, 0.25) is 0 Å². The molecule has 2 N–H and O–H groups in total. The zero-order valence-electron chi connectivity index (χ0n) is 14.5. The van der Waals surface area contributed by atoms with Gasteiger partial charge in [-0.05, 0) is 29.8 Å². The first-order chi connectivity index (χ1) is 13.2. The molecule has 1 unspecified atom stereocenters. The number of hydrogen-bond donors (Lipinski definition) is 1. The fourth-order valence-corrected chi connectivity index (χ4v) is 4.14. The molecule has 27 heavy (non-hydrogen) atoms. The summed E-state index contributed by atoms with van der Waals surface area (Å²) in [5.41, 5.74) is 9.63. The Morgan fingerprint density at radius 3 is 2.52 bits per heavy atom. The van der Waals surface area contributed by atoms with E-state index in [1.165, 1.54) is 0 Å². The molecule has 6 heteroatoms. The maximum atomic E-state index is 12.8. The number of pyridine rings is 1. The van der Waals surface area contributed by atoms with Crippen molar-refractivity contribution >= 4 is 22.3 Å². The molecule has 0 fully saturated rings. The molecule has 134 valence electrons. The number of benzene rings is 2. The van der Waals surface area contributed by atoms with Gasteiger partial charge in [0.25, 0.3) is 0 Å². The van der Waals surface area contributed by atoms with E-state index in [1.54, 1.807) is 18.5 Å². The number of hydrogen-bond acceptors (Lipinski definition) is 5. The first kappa shape index (κ1) is 17.5. The molecule has 0 radical (unpaired) electrons. The summed E-state index contributed by atoms with van der Waals surface area (Å²) < 4.78 is 12.8. The van der Waals surface area contributed by atoms with Gasteiger partial charge in [0.05, 0.1) is 21.4 Å². The van der Waals surface area contributed by atoms with Gasteiger partial charge in [0.1, 0.15) is 6.54 Å². The summed E-state index contributed by atoms with van der Waals surface area (Å²) in [5.74, 6) is -0.00851. The lowest BCUT2D eigenvalue weighted by atomic mass is 9.93. The average Bonchev–Trinajstić information content (AvgIpc) is 2.74. The molecule has 1 aliphatic rings. The number of aliphatic imine (C=N–C) groups is 1. The number of aromatic nitrogens is 1. The SMILES string of the molecule is NCC1=NCC(=O)c2ccc(-c3cncc(S(=O)c4ccccc4)c3)cc21. The van der Waals surface area contributed by atoms with Gasteiger partial charge < -0.3 is 5.73 Å². The largest absolute Gasteiger partial charge is 0.325 e. The predicted molar refractivity (Wildman–Crippen MR) is 106 cm³/mol. The van der Waals surface area contributed by atoms with E-state index >= 15 is 0 Å². The van der Waals surface area contributed by atoms with Crippen molar-refractivity contribution in [3.63, 3.8) is 0 Å². The second-order valence-electron chi connectivity index (χ2n) is 6.14. The minimum atomic E-state index is -1.31. The zero-order valence-corrected chi connectivity index (χ0v) is 15.3. The number of fused-ring (bicyclic) bond motifs is 1. The fraction of sp³-hybridized carbons (Fsp3) is 0.0952. The Morgan fingerprint density at radius 2 is 1.74 bits per heavy atom. The van der Waals surface area contributed by atoms with E-state index in [-0.39, 0.29) is 18.9 Å². The van der Waals surface area contributed by atoms with E-state index in [9.17, 15) is 9.00 Å². The van der Waals surface area contributed by atoms with Crippen molar-refractivity contribution in [1.29, 1.82) is 0 Å². The van der Waals surface area contributed by atoms with Crippen LogP contribution >= 0.6 is 0 Å². The maximum absolute atomic E-state index is 12.8. The van der Waals surface area contributed by atoms with E-state index in [4.69, 9.17) is 5.73 Å². The van der Waals surface area contributed by atoms with Crippen molar-refractivity contribution < 1.29 is 9.00 Å². The molecule has 1 aromatic heterocycles.